The number of carbonyl (C=O) groups excluding carboxylic acids is 1. The van der Waals surface area contributed by atoms with E-state index >= 15 is 0 Å². The fourth-order valence-electron chi connectivity index (χ4n) is 3.30. The van der Waals surface area contributed by atoms with Crippen LogP contribution in [0.2, 0.25) is 5.02 Å². The normalized spacial score (nSPS) is 11.5. The van der Waals surface area contributed by atoms with Gasteiger partial charge in [0.1, 0.15) is 6.54 Å². The van der Waals surface area contributed by atoms with E-state index in [9.17, 15) is 13.2 Å². The molecule has 5 nitrogen and oxygen atoms in total. The number of carbonyl (C=O) groups is 1. The van der Waals surface area contributed by atoms with Crippen molar-refractivity contribution in [2.75, 3.05) is 0 Å². The number of para-hydroxylation sites is 1. The highest BCUT2D eigenvalue weighted by atomic mass is 35.5. The van der Waals surface area contributed by atoms with Crippen LogP contribution in [0.25, 0.3) is 10.9 Å². The summed E-state index contributed by atoms with van der Waals surface area (Å²) < 4.78 is 28.0. The Bertz CT molecular complexity index is 1300. The van der Waals surface area contributed by atoms with Gasteiger partial charge < -0.3 is 9.88 Å². The fourth-order valence-corrected chi connectivity index (χ4v) is 4.92. The highest BCUT2D eigenvalue weighted by Crippen LogP contribution is 2.30. The predicted molar refractivity (Wildman–Crippen MR) is 117 cm³/mol. The SMILES string of the molecule is O=C(Cn1cc(S(=O)(=O)c2ccccc2)c2ccccc21)NCc1ccc(Cl)cc1. The summed E-state index contributed by atoms with van der Waals surface area (Å²) in [7, 11) is -3.70. The summed E-state index contributed by atoms with van der Waals surface area (Å²) in [6, 6.07) is 22.7. The highest BCUT2D eigenvalue weighted by Gasteiger charge is 2.23. The lowest BCUT2D eigenvalue weighted by atomic mass is 10.2. The van der Waals surface area contributed by atoms with Crippen LogP contribution in [-0.4, -0.2) is 18.9 Å². The molecule has 152 valence electrons. The fraction of sp³-hybridized carbons (Fsp3) is 0.0870. The second-order valence-corrected chi connectivity index (χ2v) is 9.21. The lowest BCUT2D eigenvalue weighted by molar-refractivity contribution is -0.121. The number of sulfone groups is 1. The van der Waals surface area contributed by atoms with Gasteiger partial charge in [-0.3, -0.25) is 4.79 Å². The molecule has 1 N–H and O–H groups in total. The smallest absolute Gasteiger partial charge is 0.240 e. The van der Waals surface area contributed by atoms with Crippen LogP contribution < -0.4 is 5.32 Å². The van der Waals surface area contributed by atoms with Crippen LogP contribution in [-0.2, 0) is 27.7 Å². The van der Waals surface area contributed by atoms with Crippen molar-refractivity contribution in [3.05, 3.63) is 95.6 Å². The van der Waals surface area contributed by atoms with Crippen molar-refractivity contribution < 1.29 is 13.2 Å². The third-order valence-electron chi connectivity index (χ3n) is 4.81. The molecule has 0 fully saturated rings. The summed E-state index contributed by atoms with van der Waals surface area (Å²) >= 11 is 5.88. The zero-order valence-electron chi connectivity index (χ0n) is 16.0. The van der Waals surface area contributed by atoms with Crippen LogP contribution >= 0.6 is 11.6 Å². The Hall–Kier alpha value is -3.09. The molecule has 0 aliphatic carbocycles. The van der Waals surface area contributed by atoms with Gasteiger partial charge in [-0.05, 0) is 35.9 Å². The van der Waals surface area contributed by atoms with Gasteiger partial charge in [0, 0.05) is 28.7 Å². The minimum Gasteiger partial charge on any atom is -0.350 e. The molecule has 0 aliphatic rings. The quantitative estimate of drug-likeness (QED) is 0.483. The first-order valence-electron chi connectivity index (χ1n) is 9.34. The van der Waals surface area contributed by atoms with Gasteiger partial charge in [0.25, 0.3) is 0 Å². The summed E-state index contributed by atoms with van der Waals surface area (Å²) in [5, 5.41) is 4.08. The summed E-state index contributed by atoms with van der Waals surface area (Å²) in [4.78, 5) is 12.9. The van der Waals surface area contributed by atoms with Gasteiger partial charge >= 0.3 is 0 Å². The molecule has 4 aromatic rings. The second-order valence-electron chi connectivity index (χ2n) is 6.86. The number of halogens is 1. The van der Waals surface area contributed by atoms with E-state index in [4.69, 9.17) is 11.6 Å². The van der Waals surface area contributed by atoms with Crippen LogP contribution in [0.15, 0.2) is 94.9 Å². The molecule has 0 unspecified atom stereocenters. The number of hydrogen-bond acceptors (Lipinski definition) is 3. The van der Waals surface area contributed by atoms with E-state index in [-0.39, 0.29) is 22.2 Å². The van der Waals surface area contributed by atoms with Crippen molar-refractivity contribution in [2.24, 2.45) is 0 Å². The van der Waals surface area contributed by atoms with Gasteiger partial charge in [-0.1, -0.05) is 60.1 Å². The topological polar surface area (TPSA) is 68.2 Å². The number of nitrogens with one attached hydrogen (secondary N) is 1. The van der Waals surface area contributed by atoms with Crippen molar-refractivity contribution in [1.29, 1.82) is 0 Å². The third kappa shape index (κ3) is 4.10. The van der Waals surface area contributed by atoms with Gasteiger partial charge in [-0.25, -0.2) is 8.42 Å². The van der Waals surface area contributed by atoms with Crippen molar-refractivity contribution in [2.45, 2.75) is 22.9 Å². The molecule has 1 heterocycles. The van der Waals surface area contributed by atoms with E-state index in [1.807, 2.05) is 24.3 Å². The zero-order chi connectivity index (χ0) is 21.1. The lowest BCUT2D eigenvalue weighted by Gasteiger charge is -2.07. The Labute approximate surface area is 179 Å². The maximum atomic E-state index is 13.2. The number of benzene rings is 3. The Kier molecular flexibility index (Phi) is 5.61. The van der Waals surface area contributed by atoms with E-state index in [2.05, 4.69) is 5.32 Å². The van der Waals surface area contributed by atoms with Gasteiger partial charge in [0.15, 0.2) is 0 Å². The van der Waals surface area contributed by atoms with Crippen LogP contribution in [0.5, 0.6) is 0 Å². The molecule has 0 radical (unpaired) electrons. The molecule has 3 aromatic carbocycles. The summed E-state index contributed by atoms with van der Waals surface area (Å²) in [5.74, 6) is -0.214. The lowest BCUT2D eigenvalue weighted by Crippen LogP contribution is -2.26. The number of fused-ring (bicyclic) bond motifs is 1. The monoisotopic (exact) mass is 438 g/mol. The standard InChI is InChI=1S/C23H19ClN2O3S/c24-18-12-10-17(11-13-18)14-25-23(27)16-26-15-22(20-8-4-5-9-21(20)26)30(28,29)19-6-2-1-3-7-19/h1-13,15H,14,16H2,(H,25,27). The molecule has 0 saturated carbocycles. The maximum absolute atomic E-state index is 13.2. The molecule has 0 atom stereocenters. The number of rotatable bonds is 6. The first-order valence-corrected chi connectivity index (χ1v) is 11.2. The molecule has 30 heavy (non-hydrogen) atoms. The van der Waals surface area contributed by atoms with E-state index in [1.165, 1.54) is 6.20 Å². The summed E-state index contributed by atoms with van der Waals surface area (Å²) in [5.41, 5.74) is 1.62. The predicted octanol–water partition coefficient (Wildman–Crippen LogP) is 4.44. The van der Waals surface area contributed by atoms with Crippen molar-refractivity contribution in [1.82, 2.24) is 9.88 Å². The van der Waals surface area contributed by atoms with Crippen LogP contribution in [0.4, 0.5) is 0 Å². The van der Waals surface area contributed by atoms with Gasteiger partial charge in [0.2, 0.25) is 15.7 Å². The van der Waals surface area contributed by atoms with E-state index in [1.54, 1.807) is 59.2 Å². The van der Waals surface area contributed by atoms with Crippen LogP contribution in [0, 0.1) is 0 Å². The number of hydrogen-bond donors (Lipinski definition) is 1. The second kappa shape index (κ2) is 8.34. The Morgan fingerprint density at radius 2 is 1.57 bits per heavy atom. The number of nitrogens with zero attached hydrogens (tertiary/aromatic N) is 1. The number of aromatic nitrogens is 1. The maximum Gasteiger partial charge on any atom is 0.240 e. The molecule has 0 spiro atoms. The van der Waals surface area contributed by atoms with Crippen molar-refractivity contribution in [3.63, 3.8) is 0 Å². The largest absolute Gasteiger partial charge is 0.350 e. The van der Waals surface area contributed by atoms with E-state index in [0.29, 0.717) is 22.5 Å². The first-order chi connectivity index (χ1) is 14.4. The average Bonchev–Trinajstić information content (AvgIpc) is 3.13. The minimum atomic E-state index is -3.70. The Balaban J connectivity index is 1.61. The first kappa shape index (κ1) is 20.2. The molecular formula is C23H19ClN2O3S. The van der Waals surface area contributed by atoms with Gasteiger partial charge in [-0.2, -0.15) is 0 Å². The highest BCUT2D eigenvalue weighted by molar-refractivity contribution is 7.91. The Morgan fingerprint density at radius 1 is 0.900 bits per heavy atom. The Morgan fingerprint density at radius 3 is 2.30 bits per heavy atom. The van der Waals surface area contributed by atoms with Gasteiger partial charge in [0.05, 0.1) is 9.79 Å². The molecule has 0 bridgehead atoms. The molecule has 1 amide bonds. The molecule has 4 rings (SSSR count). The molecule has 1 aromatic heterocycles. The molecular weight excluding hydrogens is 420 g/mol. The van der Waals surface area contributed by atoms with E-state index < -0.39 is 9.84 Å². The molecule has 0 saturated heterocycles. The summed E-state index contributed by atoms with van der Waals surface area (Å²) in [6.07, 6.45) is 1.54. The van der Waals surface area contributed by atoms with Crippen molar-refractivity contribution in [3.8, 4) is 0 Å². The zero-order valence-corrected chi connectivity index (χ0v) is 17.5. The minimum absolute atomic E-state index is 0.0123. The number of amides is 1. The van der Waals surface area contributed by atoms with Crippen LogP contribution in [0.1, 0.15) is 5.56 Å². The van der Waals surface area contributed by atoms with Gasteiger partial charge in [-0.15, -0.1) is 0 Å². The van der Waals surface area contributed by atoms with Crippen molar-refractivity contribution >= 4 is 38.2 Å². The van der Waals surface area contributed by atoms with E-state index in [0.717, 1.165) is 5.56 Å². The van der Waals surface area contributed by atoms with Crippen LogP contribution in [0.3, 0.4) is 0 Å². The molecule has 0 aliphatic heterocycles. The average molecular weight is 439 g/mol. The third-order valence-corrected chi connectivity index (χ3v) is 6.86. The molecule has 7 heteroatoms. The summed E-state index contributed by atoms with van der Waals surface area (Å²) in [6.45, 7) is 0.378.